The van der Waals surface area contributed by atoms with Gasteiger partial charge in [-0.1, -0.05) is 13.3 Å². The van der Waals surface area contributed by atoms with Crippen molar-refractivity contribution < 1.29 is 9.59 Å². The van der Waals surface area contributed by atoms with Gasteiger partial charge in [0.15, 0.2) is 0 Å². The van der Waals surface area contributed by atoms with E-state index in [2.05, 4.69) is 12.2 Å². The fourth-order valence-corrected chi connectivity index (χ4v) is 1.88. The molecule has 1 heterocycles. The average molecular weight is 224 g/mol. The van der Waals surface area contributed by atoms with Gasteiger partial charge in [0.05, 0.1) is 0 Å². The molecule has 1 aliphatic rings. The van der Waals surface area contributed by atoms with Crippen LogP contribution in [-0.2, 0) is 9.59 Å². The van der Waals surface area contributed by atoms with Crippen LogP contribution < -0.4 is 5.32 Å². The zero-order chi connectivity index (χ0) is 12.3. The number of hydrogen-bond acceptors (Lipinski definition) is 2. The molecule has 0 spiro atoms. The molecule has 0 radical (unpaired) electrons. The van der Waals surface area contributed by atoms with Crippen LogP contribution in [0.15, 0.2) is 11.1 Å². The quantitative estimate of drug-likeness (QED) is 0.785. The third-order valence-corrected chi connectivity index (χ3v) is 2.99. The minimum absolute atomic E-state index is 0.0460. The Balaban J connectivity index is 2.82. The maximum Gasteiger partial charge on any atom is 0.251 e. The predicted octanol–water partition coefficient (Wildman–Crippen LogP) is 1.43. The van der Waals surface area contributed by atoms with Crippen LogP contribution in [0.4, 0.5) is 0 Å². The number of rotatable bonds is 4. The topological polar surface area (TPSA) is 49.4 Å². The van der Waals surface area contributed by atoms with E-state index < -0.39 is 0 Å². The second-order valence-electron chi connectivity index (χ2n) is 4.26. The number of carbonyl (C=O) groups is 2. The van der Waals surface area contributed by atoms with Gasteiger partial charge < -0.3 is 10.2 Å². The number of hydrogen-bond donors (Lipinski definition) is 1. The minimum Gasteiger partial charge on any atom is -0.332 e. The molecule has 0 aromatic heterocycles. The van der Waals surface area contributed by atoms with Gasteiger partial charge in [-0.05, 0) is 25.8 Å². The summed E-state index contributed by atoms with van der Waals surface area (Å²) in [6, 6.07) is 0. The van der Waals surface area contributed by atoms with E-state index in [4.69, 9.17) is 0 Å². The summed E-state index contributed by atoms with van der Waals surface area (Å²) in [6.45, 7) is 7.98. The van der Waals surface area contributed by atoms with Gasteiger partial charge in [0.1, 0.15) is 6.17 Å². The predicted molar refractivity (Wildman–Crippen MR) is 62.6 cm³/mol. The van der Waals surface area contributed by atoms with Crippen molar-refractivity contribution in [1.82, 2.24) is 10.2 Å². The Bertz CT molecular complexity index is 334. The highest BCUT2D eigenvalue weighted by atomic mass is 16.2. The zero-order valence-corrected chi connectivity index (χ0v) is 10.5. The van der Waals surface area contributed by atoms with Crippen LogP contribution in [0.5, 0.6) is 0 Å². The van der Waals surface area contributed by atoms with Crippen molar-refractivity contribution in [3.05, 3.63) is 11.1 Å². The smallest absolute Gasteiger partial charge is 0.251 e. The molecule has 4 nitrogen and oxygen atoms in total. The van der Waals surface area contributed by atoms with Crippen molar-refractivity contribution in [2.45, 2.75) is 46.7 Å². The Labute approximate surface area is 96.7 Å². The standard InChI is InChI=1S/C12H20N2O2/c1-5-6-7-14-11(13-10(4)15)8(2)9(3)12(14)16/h11H,5-7H2,1-4H3,(H,13,15). The summed E-state index contributed by atoms with van der Waals surface area (Å²) < 4.78 is 0. The SMILES string of the molecule is CCCCN1C(=O)C(C)=C(C)C1NC(C)=O. The van der Waals surface area contributed by atoms with Gasteiger partial charge in [0, 0.05) is 19.0 Å². The Hall–Kier alpha value is -1.32. The molecule has 2 amide bonds. The molecular formula is C12H20N2O2. The number of nitrogens with one attached hydrogen (secondary N) is 1. The zero-order valence-electron chi connectivity index (χ0n) is 10.5. The van der Waals surface area contributed by atoms with Crippen molar-refractivity contribution >= 4 is 11.8 Å². The normalized spacial score (nSPS) is 20.6. The highest BCUT2D eigenvalue weighted by Gasteiger charge is 2.34. The molecule has 1 unspecified atom stereocenters. The third kappa shape index (κ3) is 2.43. The summed E-state index contributed by atoms with van der Waals surface area (Å²) in [6.07, 6.45) is 1.76. The van der Waals surface area contributed by atoms with E-state index in [-0.39, 0.29) is 18.0 Å². The van der Waals surface area contributed by atoms with Crippen LogP contribution in [0, 0.1) is 0 Å². The summed E-state index contributed by atoms with van der Waals surface area (Å²) in [5, 5.41) is 2.82. The van der Waals surface area contributed by atoms with Crippen molar-refractivity contribution in [2.75, 3.05) is 6.54 Å². The lowest BCUT2D eigenvalue weighted by Gasteiger charge is -2.26. The van der Waals surface area contributed by atoms with Gasteiger partial charge in [0.25, 0.3) is 5.91 Å². The van der Waals surface area contributed by atoms with Crippen molar-refractivity contribution in [3.63, 3.8) is 0 Å². The van der Waals surface area contributed by atoms with Crippen LogP contribution in [0.2, 0.25) is 0 Å². The maximum atomic E-state index is 11.9. The van der Waals surface area contributed by atoms with Gasteiger partial charge in [-0.15, -0.1) is 0 Å². The highest BCUT2D eigenvalue weighted by molar-refractivity contribution is 5.97. The van der Waals surface area contributed by atoms with E-state index >= 15 is 0 Å². The lowest BCUT2D eigenvalue weighted by molar-refractivity contribution is -0.129. The van der Waals surface area contributed by atoms with Crippen LogP contribution in [0.3, 0.4) is 0 Å². The van der Waals surface area contributed by atoms with E-state index in [1.165, 1.54) is 6.92 Å². The fourth-order valence-electron chi connectivity index (χ4n) is 1.88. The van der Waals surface area contributed by atoms with Gasteiger partial charge in [-0.2, -0.15) is 0 Å². The second-order valence-corrected chi connectivity index (χ2v) is 4.26. The molecule has 0 bridgehead atoms. The molecule has 0 aromatic carbocycles. The van der Waals surface area contributed by atoms with Gasteiger partial charge in [-0.25, -0.2) is 0 Å². The van der Waals surface area contributed by atoms with Crippen LogP contribution in [0.25, 0.3) is 0 Å². The first-order valence-corrected chi connectivity index (χ1v) is 5.74. The van der Waals surface area contributed by atoms with Crippen molar-refractivity contribution in [1.29, 1.82) is 0 Å². The molecule has 1 rings (SSSR count). The third-order valence-electron chi connectivity index (χ3n) is 2.99. The first-order chi connectivity index (χ1) is 7.49. The monoisotopic (exact) mass is 224 g/mol. The van der Waals surface area contributed by atoms with Crippen LogP contribution in [0.1, 0.15) is 40.5 Å². The van der Waals surface area contributed by atoms with Gasteiger partial charge >= 0.3 is 0 Å². The Kier molecular flexibility index (Phi) is 4.10. The lowest BCUT2D eigenvalue weighted by Crippen LogP contribution is -2.47. The molecule has 0 aromatic rings. The fraction of sp³-hybridized carbons (Fsp3) is 0.667. The molecule has 1 aliphatic heterocycles. The van der Waals surface area contributed by atoms with E-state index in [1.54, 1.807) is 4.90 Å². The van der Waals surface area contributed by atoms with E-state index in [1.807, 2.05) is 13.8 Å². The van der Waals surface area contributed by atoms with Gasteiger partial charge in [0.2, 0.25) is 5.91 Å². The molecule has 0 saturated heterocycles. The number of unbranched alkanes of at least 4 members (excludes halogenated alkanes) is 1. The lowest BCUT2D eigenvalue weighted by atomic mass is 10.2. The second kappa shape index (κ2) is 5.14. The molecule has 1 atom stereocenters. The Morgan fingerprint density at radius 1 is 1.44 bits per heavy atom. The summed E-state index contributed by atoms with van der Waals surface area (Å²) in [5.74, 6) is -0.0574. The number of nitrogens with zero attached hydrogens (tertiary/aromatic N) is 1. The summed E-state index contributed by atoms with van der Waals surface area (Å²) >= 11 is 0. The average Bonchev–Trinajstić information content (AvgIpc) is 2.41. The molecule has 90 valence electrons. The summed E-state index contributed by atoms with van der Waals surface area (Å²) in [4.78, 5) is 24.8. The molecule has 16 heavy (non-hydrogen) atoms. The minimum atomic E-state index is -0.239. The number of amides is 2. The molecule has 4 heteroatoms. The molecule has 0 fully saturated rings. The number of carbonyl (C=O) groups excluding carboxylic acids is 2. The Morgan fingerprint density at radius 2 is 2.06 bits per heavy atom. The first-order valence-electron chi connectivity index (χ1n) is 5.74. The van der Waals surface area contributed by atoms with E-state index in [0.29, 0.717) is 6.54 Å². The van der Waals surface area contributed by atoms with E-state index in [9.17, 15) is 9.59 Å². The maximum absolute atomic E-state index is 11.9. The highest BCUT2D eigenvalue weighted by Crippen LogP contribution is 2.24. The van der Waals surface area contributed by atoms with Crippen LogP contribution in [-0.4, -0.2) is 29.4 Å². The summed E-state index contributed by atoms with van der Waals surface area (Å²) in [5.41, 5.74) is 1.71. The van der Waals surface area contributed by atoms with Crippen molar-refractivity contribution in [2.24, 2.45) is 0 Å². The summed E-state index contributed by atoms with van der Waals surface area (Å²) in [7, 11) is 0. The molecule has 0 saturated carbocycles. The van der Waals surface area contributed by atoms with Gasteiger partial charge in [-0.3, -0.25) is 9.59 Å². The largest absolute Gasteiger partial charge is 0.332 e. The molecule has 0 aliphatic carbocycles. The van der Waals surface area contributed by atoms with Crippen LogP contribution >= 0.6 is 0 Å². The molecule has 1 N–H and O–H groups in total. The van der Waals surface area contributed by atoms with Crippen molar-refractivity contribution in [3.8, 4) is 0 Å². The Morgan fingerprint density at radius 3 is 2.56 bits per heavy atom. The molecular weight excluding hydrogens is 204 g/mol. The first kappa shape index (κ1) is 12.7. The van der Waals surface area contributed by atoms with E-state index in [0.717, 1.165) is 24.0 Å².